The van der Waals surface area contributed by atoms with Gasteiger partial charge in [-0.3, -0.25) is 0 Å². The van der Waals surface area contributed by atoms with Crippen LogP contribution in [0.1, 0.15) is 24.3 Å². The molecule has 0 aromatic carbocycles. The summed E-state index contributed by atoms with van der Waals surface area (Å²) >= 11 is 6.10. The van der Waals surface area contributed by atoms with Gasteiger partial charge in [0.15, 0.2) is 0 Å². The molecule has 0 saturated heterocycles. The summed E-state index contributed by atoms with van der Waals surface area (Å²) in [6.45, 7) is 4.02. The number of carboxylic acids is 1. The lowest BCUT2D eigenvalue weighted by Gasteiger charge is -2.10. The van der Waals surface area contributed by atoms with Gasteiger partial charge >= 0.3 is 5.97 Å². The second-order valence-corrected chi connectivity index (χ2v) is 4.86. The lowest BCUT2D eigenvalue weighted by molar-refractivity contribution is 0.0691. The SMILES string of the molecule is CC(C)Nc1cc(-c2c[nH]c(C(=O)O)c2)c(Cl)cn1. The van der Waals surface area contributed by atoms with Crippen LogP contribution in [0.25, 0.3) is 11.1 Å². The molecule has 5 nitrogen and oxygen atoms in total. The molecule has 0 aliphatic carbocycles. The van der Waals surface area contributed by atoms with Gasteiger partial charge in [-0.05, 0) is 26.0 Å². The zero-order valence-electron chi connectivity index (χ0n) is 10.6. The highest BCUT2D eigenvalue weighted by Gasteiger charge is 2.11. The maximum atomic E-state index is 10.9. The van der Waals surface area contributed by atoms with E-state index in [4.69, 9.17) is 16.7 Å². The van der Waals surface area contributed by atoms with Gasteiger partial charge in [0.1, 0.15) is 11.5 Å². The second kappa shape index (κ2) is 5.32. The number of pyridine rings is 1. The molecule has 0 spiro atoms. The molecule has 19 heavy (non-hydrogen) atoms. The largest absolute Gasteiger partial charge is 0.477 e. The molecule has 0 saturated carbocycles. The highest BCUT2D eigenvalue weighted by Crippen LogP contribution is 2.29. The van der Waals surface area contributed by atoms with E-state index in [1.807, 2.05) is 13.8 Å². The monoisotopic (exact) mass is 279 g/mol. The van der Waals surface area contributed by atoms with Crippen LogP contribution in [0.3, 0.4) is 0 Å². The number of carbonyl (C=O) groups is 1. The van der Waals surface area contributed by atoms with Crippen molar-refractivity contribution in [2.75, 3.05) is 5.32 Å². The van der Waals surface area contributed by atoms with E-state index >= 15 is 0 Å². The van der Waals surface area contributed by atoms with Gasteiger partial charge in [0.05, 0.1) is 5.02 Å². The fourth-order valence-corrected chi connectivity index (χ4v) is 1.92. The first kappa shape index (κ1) is 13.4. The Balaban J connectivity index is 2.39. The summed E-state index contributed by atoms with van der Waals surface area (Å²) in [6, 6.07) is 3.60. The second-order valence-electron chi connectivity index (χ2n) is 4.46. The topological polar surface area (TPSA) is 78.0 Å². The Morgan fingerprint density at radius 3 is 2.79 bits per heavy atom. The summed E-state index contributed by atoms with van der Waals surface area (Å²) in [4.78, 5) is 17.7. The normalized spacial score (nSPS) is 10.7. The van der Waals surface area contributed by atoms with E-state index in [1.54, 1.807) is 24.5 Å². The fraction of sp³-hybridized carbons (Fsp3) is 0.231. The molecular weight excluding hydrogens is 266 g/mol. The molecule has 0 aliphatic heterocycles. The molecule has 100 valence electrons. The van der Waals surface area contributed by atoms with Crippen LogP contribution < -0.4 is 5.32 Å². The molecule has 0 amide bonds. The molecule has 0 atom stereocenters. The number of nitrogens with one attached hydrogen (secondary N) is 2. The number of hydrogen-bond donors (Lipinski definition) is 3. The lowest BCUT2D eigenvalue weighted by Crippen LogP contribution is -2.10. The molecule has 2 aromatic heterocycles. The highest BCUT2D eigenvalue weighted by molar-refractivity contribution is 6.33. The van der Waals surface area contributed by atoms with Crippen molar-refractivity contribution in [1.29, 1.82) is 0 Å². The van der Waals surface area contributed by atoms with E-state index in [-0.39, 0.29) is 11.7 Å². The van der Waals surface area contributed by atoms with Crippen molar-refractivity contribution >= 4 is 23.4 Å². The molecular formula is C13H14ClN3O2. The van der Waals surface area contributed by atoms with Gasteiger partial charge in [-0.15, -0.1) is 0 Å². The first-order valence-corrected chi connectivity index (χ1v) is 6.19. The predicted molar refractivity (Wildman–Crippen MR) is 74.8 cm³/mol. The van der Waals surface area contributed by atoms with E-state index in [9.17, 15) is 4.79 Å². The van der Waals surface area contributed by atoms with Crippen molar-refractivity contribution in [1.82, 2.24) is 9.97 Å². The number of nitrogens with zero attached hydrogens (tertiary/aromatic N) is 1. The van der Waals surface area contributed by atoms with Crippen molar-refractivity contribution in [2.45, 2.75) is 19.9 Å². The minimum Gasteiger partial charge on any atom is -0.477 e. The number of hydrogen-bond acceptors (Lipinski definition) is 3. The van der Waals surface area contributed by atoms with Gasteiger partial charge in [0.25, 0.3) is 0 Å². The summed E-state index contributed by atoms with van der Waals surface area (Å²) in [7, 11) is 0. The van der Waals surface area contributed by atoms with E-state index < -0.39 is 5.97 Å². The van der Waals surface area contributed by atoms with Crippen LogP contribution >= 0.6 is 11.6 Å². The molecule has 0 aliphatic rings. The van der Waals surface area contributed by atoms with Gasteiger partial charge in [-0.25, -0.2) is 9.78 Å². The van der Waals surface area contributed by atoms with Crippen LogP contribution in [0.15, 0.2) is 24.5 Å². The van der Waals surface area contributed by atoms with Gasteiger partial charge in [-0.1, -0.05) is 11.6 Å². The maximum Gasteiger partial charge on any atom is 0.352 e. The quantitative estimate of drug-likeness (QED) is 0.803. The van der Waals surface area contributed by atoms with Crippen LogP contribution in [0.2, 0.25) is 5.02 Å². The summed E-state index contributed by atoms with van der Waals surface area (Å²) in [5.74, 6) is -0.301. The zero-order valence-corrected chi connectivity index (χ0v) is 11.3. The third-order valence-corrected chi connectivity index (χ3v) is 2.82. The predicted octanol–water partition coefficient (Wildman–Crippen LogP) is 3.25. The molecule has 2 rings (SSSR count). The Kier molecular flexibility index (Phi) is 3.76. The first-order valence-electron chi connectivity index (χ1n) is 5.81. The molecule has 0 fully saturated rings. The molecule has 0 unspecified atom stereocenters. The Morgan fingerprint density at radius 1 is 1.47 bits per heavy atom. The van der Waals surface area contributed by atoms with Gasteiger partial charge in [0, 0.05) is 29.6 Å². The van der Waals surface area contributed by atoms with Crippen LogP contribution in [0.4, 0.5) is 5.82 Å². The number of aromatic nitrogens is 2. The highest BCUT2D eigenvalue weighted by atomic mass is 35.5. The van der Waals surface area contributed by atoms with Crippen molar-refractivity contribution < 1.29 is 9.90 Å². The number of H-pyrrole nitrogens is 1. The first-order chi connectivity index (χ1) is 8.97. The molecule has 6 heteroatoms. The van der Waals surface area contributed by atoms with Crippen molar-refractivity contribution in [3.8, 4) is 11.1 Å². The number of halogens is 1. The van der Waals surface area contributed by atoms with Gasteiger partial charge in [0.2, 0.25) is 0 Å². The lowest BCUT2D eigenvalue weighted by atomic mass is 10.1. The Hall–Kier alpha value is -2.01. The third kappa shape index (κ3) is 3.06. The van der Waals surface area contributed by atoms with E-state index in [2.05, 4.69) is 15.3 Å². The van der Waals surface area contributed by atoms with Crippen molar-refractivity contribution in [2.24, 2.45) is 0 Å². The standard InChI is InChI=1S/C13H14ClN3O2/c1-7(2)17-12-4-9(10(14)6-16-12)8-3-11(13(18)19)15-5-8/h3-7,15H,1-2H3,(H,16,17)(H,18,19). The van der Waals surface area contributed by atoms with Crippen LogP contribution in [0, 0.1) is 0 Å². The molecule has 0 radical (unpaired) electrons. The Labute approximate surface area is 115 Å². The number of rotatable bonds is 4. The Bertz CT molecular complexity index is 608. The summed E-state index contributed by atoms with van der Waals surface area (Å²) in [6.07, 6.45) is 3.17. The third-order valence-electron chi connectivity index (χ3n) is 2.52. The number of carboxylic acid groups (broad SMARTS) is 1. The molecule has 2 aromatic rings. The average Bonchev–Trinajstić information content (AvgIpc) is 2.80. The molecule has 2 heterocycles. The van der Waals surface area contributed by atoms with Gasteiger partial charge in [-0.2, -0.15) is 0 Å². The van der Waals surface area contributed by atoms with Gasteiger partial charge < -0.3 is 15.4 Å². The molecule has 0 bridgehead atoms. The smallest absolute Gasteiger partial charge is 0.352 e. The Morgan fingerprint density at radius 2 is 2.21 bits per heavy atom. The summed E-state index contributed by atoms with van der Waals surface area (Å²) < 4.78 is 0. The van der Waals surface area contributed by atoms with E-state index in [0.717, 1.165) is 11.1 Å². The molecule has 3 N–H and O–H groups in total. The van der Waals surface area contributed by atoms with E-state index in [0.29, 0.717) is 10.8 Å². The minimum absolute atomic E-state index is 0.126. The number of aromatic carboxylic acids is 1. The number of aromatic amines is 1. The van der Waals surface area contributed by atoms with E-state index in [1.165, 1.54) is 0 Å². The summed E-state index contributed by atoms with van der Waals surface area (Å²) in [5, 5.41) is 12.6. The maximum absolute atomic E-state index is 10.9. The number of anilines is 1. The van der Waals surface area contributed by atoms with Crippen LogP contribution in [-0.2, 0) is 0 Å². The van der Waals surface area contributed by atoms with Crippen LogP contribution in [-0.4, -0.2) is 27.1 Å². The summed E-state index contributed by atoms with van der Waals surface area (Å²) in [5.41, 5.74) is 1.58. The van der Waals surface area contributed by atoms with Crippen molar-refractivity contribution in [3.63, 3.8) is 0 Å². The fourth-order valence-electron chi connectivity index (χ4n) is 1.71. The van der Waals surface area contributed by atoms with Crippen LogP contribution in [0.5, 0.6) is 0 Å². The minimum atomic E-state index is -1.00. The zero-order chi connectivity index (χ0) is 14.0. The van der Waals surface area contributed by atoms with Crippen molar-refractivity contribution in [3.05, 3.63) is 35.2 Å². The average molecular weight is 280 g/mol.